The standard InChI is InChI=1S/C13H18O4.C6H14O3/c1-13(16,7-9-14)8-10-17-12(15)11-5-3-2-4-6-11;1-6(9,2-4-7)3-5-8/h2-6,14,16H,7-10H2,1H3;7-9H,2-5H2,1H3. The highest BCUT2D eigenvalue weighted by atomic mass is 16.5. The minimum atomic E-state index is -0.994. The molecule has 0 aliphatic carbocycles. The average Bonchev–Trinajstić information content (AvgIpc) is 2.55. The smallest absolute Gasteiger partial charge is 0.338 e. The highest BCUT2D eigenvalue weighted by Gasteiger charge is 2.20. The summed E-state index contributed by atoms with van der Waals surface area (Å²) in [5.74, 6) is -0.398. The summed E-state index contributed by atoms with van der Waals surface area (Å²) in [6.07, 6.45) is 1.24. The van der Waals surface area contributed by atoms with Gasteiger partial charge >= 0.3 is 5.97 Å². The molecule has 0 radical (unpaired) electrons. The number of aliphatic hydroxyl groups is 5. The molecule has 0 spiro atoms. The first-order valence-electron chi connectivity index (χ1n) is 8.67. The van der Waals surface area contributed by atoms with E-state index in [0.29, 0.717) is 24.8 Å². The van der Waals surface area contributed by atoms with E-state index in [0.717, 1.165) is 0 Å². The van der Waals surface area contributed by atoms with Crippen LogP contribution in [0.2, 0.25) is 0 Å². The van der Waals surface area contributed by atoms with Crippen LogP contribution in [-0.2, 0) is 4.74 Å². The number of benzene rings is 1. The van der Waals surface area contributed by atoms with Crippen molar-refractivity contribution in [1.29, 1.82) is 0 Å². The largest absolute Gasteiger partial charge is 0.462 e. The monoisotopic (exact) mass is 372 g/mol. The van der Waals surface area contributed by atoms with E-state index in [1.807, 2.05) is 6.07 Å². The Morgan fingerprint density at radius 3 is 1.69 bits per heavy atom. The van der Waals surface area contributed by atoms with Gasteiger partial charge in [-0.2, -0.15) is 0 Å². The Morgan fingerprint density at radius 1 is 0.846 bits per heavy atom. The van der Waals surface area contributed by atoms with Crippen LogP contribution in [0.5, 0.6) is 0 Å². The van der Waals surface area contributed by atoms with Crippen molar-refractivity contribution in [2.75, 3.05) is 26.4 Å². The van der Waals surface area contributed by atoms with Crippen LogP contribution in [0.15, 0.2) is 30.3 Å². The number of carbonyl (C=O) groups excluding carboxylic acids is 1. The van der Waals surface area contributed by atoms with Gasteiger partial charge in [-0.05, 0) is 45.2 Å². The molecule has 1 atom stereocenters. The molecular weight excluding hydrogens is 340 g/mol. The molecule has 1 aromatic carbocycles. The molecule has 1 unspecified atom stereocenters. The third-order valence-electron chi connectivity index (χ3n) is 3.83. The molecule has 0 saturated heterocycles. The number of ether oxygens (including phenoxy) is 1. The predicted octanol–water partition coefficient (Wildman–Crippen LogP) is 0.869. The molecule has 0 saturated carbocycles. The van der Waals surface area contributed by atoms with E-state index in [4.69, 9.17) is 20.1 Å². The van der Waals surface area contributed by atoms with Crippen LogP contribution in [0.4, 0.5) is 0 Å². The SMILES string of the molecule is CC(O)(CCO)CCO.CC(O)(CCO)CCOC(=O)c1ccccc1. The van der Waals surface area contributed by atoms with Crippen LogP contribution >= 0.6 is 0 Å². The second-order valence-corrected chi connectivity index (χ2v) is 6.67. The molecule has 1 rings (SSSR count). The Balaban J connectivity index is 0.000000590. The number of hydrogen-bond acceptors (Lipinski definition) is 7. The molecule has 0 aliphatic rings. The zero-order valence-corrected chi connectivity index (χ0v) is 15.6. The van der Waals surface area contributed by atoms with Crippen molar-refractivity contribution in [2.45, 2.75) is 50.7 Å². The summed E-state index contributed by atoms with van der Waals surface area (Å²) in [6, 6.07) is 8.70. The Hall–Kier alpha value is -1.51. The van der Waals surface area contributed by atoms with Gasteiger partial charge in [-0.25, -0.2) is 4.79 Å². The van der Waals surface area contributed by atoms with Gasteiger partial charge in [-0.3, -0.25) is 0 Å². The molecular formula is C19H32O7. The molecule has 26 heavy (non-hydrogen) atoms. The van der Waals surface area contributed by atoms with E-state index in [1.165, 1.54) is 0 Å². The molecule has 0 fully saturated rings. The van der Waals surface area contributed by atoms with Gasteiger partial charge in [0.1, 0.15) is 0 Å². The van der Waals surface area contributed by atoms with E-state index < -0.39 is 17.2 Å². The lowest BCUT2D eigenvalue weighted by Crippen LogP contribution is -2.28. The summed E-state index contributed by atoms with van der Waals surface area (Å²) in [4.78, 5) is 11.5. The number of esters is 1. The minimum Gasteiger partial charge on any atom is -0.462 e. The van der Waals surface area contributed by atoms with Crippen LogP contribution in [0.1, 0.15) is 49.9 Å². The first kappa shape index (κ1) is 24.5. The minimum absolute atomic E-state index is 0.0347. The molecule has 0 aromatic heterocycles. The summed E-state index contributed by atoms with van der Waals surface area (Å²) in [7, 11) is 0. The summed E-state index contributed by atoms with van der Waals surface area (Å²) in [5.41, 5.74) is -1.40. The van der Waals surface area contributed by atoms with Crippen LogP contribution in [0, 0.1) is 0 Å². The second kappa shape index (κ2) is 12.8. The Morgan fingerprint density at radius 2 is 1.27 bits per heavy atom. The van der Waals surface area contributed by atoms with Gasteiger partial charge in [0.25, 0.3) is 0 Å². The normalized spacial score (nSPS) is 13.3. The zero-order chi connectivity index (χ0) is 20.1. The molecule has 5 N–H and O–H groups in total. The van der Waals surface area contributed by atoms with E-state index in [2.05, 4.69) is 0 Å². The first-order valence-corrected chi connectivity index (χ1v) is 8.67. The van der Waals surface area contributed by atoms with Gasteiger partial charge in [0.05, 0.1) is 23.4 Å². The van der Waals surface area contributed by atoms with Crippen molar-refractivity contribution in [1.82, 2.24) is 0 Å². The van der Waals surface area contributed by atoms with Crippen molar-refractivity contribution in [3.8, 4) is 0 Å². The maximum absolute atomic E-state index is 11.5. The van der Waals surface area contributed by atoms with Gasteiger partial charge in [0.2, 0.25) is 0 Å². The summed E-state index contributed by atoms with van der Waals surface area (Å²) >= 11 is 0. The van der Waals surface area contributed by atoms with Crippen molar-refractivity contribution in [2.24, 2.45) is 0 Å². The highest BCUT2D eigenvalue weighted by molar-refractivity contribution is 5.89. The molecule has 0 aliphatic heterocycles. The fourth-order valence-corrected chi connectivity index (χ4v) is 1.99. The Bertz CT molecular complexity index is 478. The van der Waals surface area contributed by atoms with E-state index in [9.17, 15) is 15.0 Å². The lowest BCUT2D eigenvalue weighted by Gasteiger charge is -2.21. The quantitative estimate of drug-likeness (QED) is 0.386. The topological polar surface area (TPSA) is 127 Å². The lowest BCUT2D eigenvalue weighted by molar-refractivity contribution is 0.000799. The Kier molecular flexibility index (Phi) is 12.0. The summed E-state index contributed by atoms with van der Waals surface area (Å²) in [6.45, 7) is 3.19. The number of rotatable bonds is 10. The van der Waals surface area contributed by atoms with E-state index in [-0.39, 0.29) is 32.8 Å². The van der Waals surface area contributed by atoms with Gasteiger partial charge in [-0.1, -0.05) is 18.2 Å². The van der Waals surface area contributed by atoms with Crippen LogP contribution in [-0.4, -0.2) is 69.1 Å². The maximum Gasteiger partial charge on any atom is 0.338 e. The third-order valence-corrected chi connectivity index (χ3v) is 3.83. The first-order chi connectivity index (χ1) is 12.2. The van der Waals surface area contributed by atoms with Gasteiger partial charge in [0.15, 0.2) is 0 Å². The molecule has 150 valence electrons. The lowest BCUT2D eigenvalue weighted by atomic mass is 9.99. The van der Waals surface area contributed by atoms with Crippen LogP contribution < -0.4 is 0 Å². The third kappa shape index (κ3) is 11.9. The second-order valence-electron chi connectivity index (χ2n) is 6.67. The number of carbonyl (C=O) groups is 1. The molecule has 0 amide bonds. The Labute approximate surface area is 154 Å². The highest BCUT2D eigenvalue weighted by Crippen LogP contribution is 2.14. The van der Waals surface area contributed by atoms with E-state index in [1.54, 1.807) is 38.1 Å². The molecule has 0 bridgehead atoms. The number of aliphatic hydroxyl groups excluding tert-OH is 3. The average molecular weight is 372 g/mol. The molecule has 7 nitrogen and oxygen atoms in total. The van der Waals surface area contributed by atoms with Crippen molar-refractivity contribution in [3.05, 3.63) is 35.9 Å². The van der Waals surface area contributed by atoms with Crippen molar-refractivity contribution in [3.63, 3.8) is 0 Å². The molecule has 7 heteroatoms. The number of hydrogen-bond donors (Lipinski definition) is 5. The summed E-state index contributed by atoms with van der Waals surface area (Å²) in [5, 5.41) is 44.4. The van der Waals surface area contributed by atoms with E-state index >= 15 is 0 Å². The van der Waals surface area contributed by atoms with Crippen molar-refractivity contribution < 1.29 is 35.1 Å². The van der Waals surface area contributed by atoms with Gasteiger partial charge < -0.3 is 30.3 Å². The van der Waals surface area contributed by atoms with Gasteiger partial charge in [-0.15, -0.1) is 0 Å². The fourth-order valence-electron chi connectivity index (χ4n) is 1.99. The maximum atomic E-state index is 11.5. The van der Waals surface area contributed by atoms with Crippen molar-refractivity contribution >= 4 is 5.97 Å². The summed E-state index contributed by atoms with van der Waals surface area (Å²) < 4.78 is 5.03. The molecule has 1 aromatic rings. The zero-order valence-electron chi connectivity index (χ0n) is 15.6. The fraction of sp³-hybridized carbons (Fsp3) is 0.632. The van der Waals surface area contributed by atoms with Crippen LogP contribution in [0.25, 0.3) is 0 Å². The van der Waals surface area contributed by atoms with Gasteiger partial charge in [0, 0.05) is 26.2 Å². The molecule has 0 heterocycles. The van der Waals surface area contributed by atoms with Crippen LogP contribution in [0.3, 0.4) is 0 Å². The predicted molar refractivity (Wildman–Crippen MR) is 97.7 cm³/mol.